The van der Waals surface area contributed by atoms with Gasteiger partial charge in [0.25, 0.3) is 11.5 Å². The number of hydrogen-bond donors (Lipinski definition) is 1. The summed E-state index contributed by atoms with van der Waals surface area (Å²) in [4.78, 5) is 28.8. The third kappa shape index (κ3) is 3.84. The lowest BCUT2D eigenvalue weighted by Gasteiger charge is -2.22. The van der Waals surface area contributed by atoms with E-state index in [1.165, 1.54) is 12.1 Å². The number of anilines is 1. The van der Waals surface area contributed by atoms with Crippen molar-refractivity contribution in [2.75, 3.05) is 31.1 Å². The van der Waals surface area contributed by atoms with Crippen LogP contribution in [-0.2, 0) is 7.05 Å². The normalized spacial score (nSPS) is 14.5. The second-order valence-corrected chi connectivity index (χ2v) is 7.97. The SMILES string of the molecule is Cn1c(-c2n[nH]c(=O)c3ccccc23)nnc1N1CCCN(C(=O)c2cccc(F)c2)CC1. The summed E-state index contributed by atoms with van der Waals surface area (Å²) in [5.41, 5.74) is 0.636. The van der Waals surface area contributed by atoms with E-state index in [0.717, 1.165) is 6.42 Å². The summed E-state index contributed by atoms with van der Waals surface area (Å²) in [5, 5.41) is 16.7. The summed E-state index contributed by atoms with van der Waals surface area (Å²) < 4.78 is 15.4. The van der Waals surface area contributed by atoms with Gasteiger partial charge in [0.2, 0.25) is 5.95 Å². The van der Waals surface area contributed by atoms with Crippen molar-refractivity contribution >= 4 is 22.6 Å². The minimum absolute atomic E-state index is 0.182. The first-order valence-electron chi connectivity index (χ1n) is 10.7. The van der Waals surface area contributed by atoms with Crippen LogP contribution in [0.1, 0.15) is 16.8 Å². The third-order valence-corrected chi connectivity index (χ3v) is 5.90. The topological polar surface area (TPSA) is 100 Å². The number of carbonyl (C=O) groups is 1. The Labute approximate surface area is 188 Å². The van der Waals surface area contributed by atoms with Crippen molar-refractivity contribution in [2.45, 2.75) is 6.42 Å². The number of rotatable bonds is 3. The molecule has 3 heterocycles. The number of aromatic amines is 1. The van der Waals surface area contributed by atoms with Gasteiger partial charge in [-0.25, -0.2) is 9.49 Å². The molecule has 4 aromatic rings. The molecule has 1 saturated heterocycles. The molecule has 1 N–H and O–H groups in total. The average molecular weight is 447 g/mol. The Morgan fingerprint density at radius 2 is 1.82 bits per heavy atom. The zero-order chi connectivity index (χ0) is 22.9. The monoisotopic (exact) mass is 447 g/mol. The molecule has 1 amide bonds. The maximum absolute atomic E-state index is 13.5. The van der Waals surface area contributed by atoms with Crippen LogP contribution >= 0.6 is 0 Å². The summed E-state index contributed by atoms with van der Waals surface area (Å²) in [5.74, 6) is 0.586. The molecular weight excluding hydrogens is 425 g/mol. The Morgan fingerprint density at radius 1 is 1.00 bits per heavy atom. The second kappa shape index (κ2) is 8.45. The molecule has 5 rings (SSSR count). The molecule has 1 aliphatic rings. The molecule has 2 aromatic heterocycles. The molecule has 0 radical (unpaired) electrons. The van der Waals surface area contributed by atoms with Crippen LogP contribution in [-0.4, -0.2) is 61.9 Å². The van der Waals surface area contributed by atoms with Crippen molar-refractivity contribution in [3.8, 4) is 11.5 Å². The van der Waals surface area contributed by atoms with Gasteiger partial charge < -0.3 is 9.80 Å². The fourth-order valence-electron chi connectivity index (χ4n) is 4.21. The fourth-order valence-corrected chi connectivity index (χ4v) is 4.21. The molecule has 33 heavy (non-hydrogen) atoms. The maximum atomic E-state index is 13.5. The predicted octanol–water partition coefficient (Wildman–Crippen LogP) is 2.21. The van der Waals surface area contributed by atoms with Crippen LogP contribution in [0.3, 0.4) is 0 Å². The van der Waals surface area contributed by atoms with Gasteiger partial charge in [0.15, 0.2) is 5.82 Å². The van der Waals surface area contributed by atoms with Crippen LogP contribution in [0.25, 0.3) is 22.3 Å². The smallest absolute Gasteiger partial charge is 0.272 e. The number of fused-ring (bicyclic) bond motifs is 1. The van der Waals surface area contributed by atoms with E-state index in [-0.39, 0.29) is 11.5 Å². The van der Waals surface area contributed by atoms with E-state index in [1.54, 1.807) is 29.2 Å². The highest BCUT2D eigenvalue weighted by Gasteiger charge is 2.24. The summed E-state index contributed by atoms with van der Waals surface area (Å²) in [6, 6.07) is 13.0. The number of aromatic nitrogens is 5. The highest BCUT2D eigenvalue weighted by molar-refractivity contribution is 5.94. The average Bonchev–Trinajstić information content (AvgIpc) is 3.04. The molecule has 0 spiro atoms. The van der Waals surface area contributed by atoms with Crippen molar-refractivity contribution in [1.29, 1.82) is 0 Å². The second-order valence-electron chi connectivity index (χ2n) is 7.97. The number of halogens is 1. The Balaban J connectivity index is 1.39. The number of nitrogens with one attached hydrogen (secondary N) is 1. The van der Waals surface area contributed by atoms with Crippen LogP contribution < -0.4 is 10.5 Å². The van der Waals surface area contributed by atoms with E-state index in [2.05, 4.69) is 25.3 Å². The number of amides is 1. The van der Waals surface area contributed by atoms with E-state index in [9.17, 15) is 14.0 Å². The fraction of sp³-hybridized carbons (Fsp3) is 0.261. The summed E-state index contributed by atoms with van der Waals surface area (Å²) in [6.45, 7) is 2.31. The highest BCUT2D eigenvalue weighted by atomic mass is 19.1. The van der Waals surface area contributed by atoms with E-state index >= 15 is 0 Å². The maximum Gasteiger partial charge on any atom is 0.272 e. The lowest BCUT2D eigenvalue weighted by Crippen LogP contribution is -2.35. The molecule has 1 fully saturated rings. The Bertz CT molecular complexity index is 1400. The summed E-state index contributed by atoms with van der Waals surface area (Å²) in [6.07, 6.45) is 0.739. The Hall–Kier alpha value is -4.08. The zero-order valence-corrected chi connectivity index (χ0v) is 18.0. The van der Waals surface area contributed by atoms with Crippen molar-refractivity contribution in [2.24, 2.45) is 7.05 Å². The van der Waals surface area contributed by atoms with E-state index in [0.29, 0.717) is 60.0 Å². The van der Waals surface area contributed by atoms with Gasteiger partial charge in [-0.3, -0.25) is 14.2 Å². The van der Waals surface area contributed by atoms with Crippen molar-refractivity contribution in [3.63, 3.8) is 0 Å². The minimum atomic E-state index is -0.424. The van der Waals surface area contributed by atoms with Crippen molar-refractivity contribution in [3.05, 3.63) is 70.3 Å². The molecule has 0 unspecified atom stereocenters. The zero-order valence-electron chi connectivity index (χ0n) is 18.0. The number of H-pyrrole nitrogens is 1. The first-order valence-corrected chi connectivity index (χ1v) is 10.7. The number of benzene rings is 2. The number of hydrogen-bond acceptors (Lipinski definition) is 6. The molecule has 2 aromatic carbocycles. The van der Waals surface area contributed by atoms with Gasteiger partial charge in [-0.15, -0.1) is 10.2 Å². The molecular formula is C23H22FN7O2. The molecule has 0 bridgehead atoms. The first-order chi connectivity index (χ1) is 16.0. The first kappa shape index (κ1) is 20.8. The molecule has 0 aliphatic carbocycles. The van der Waals surface area contributed by atoms with Gasteiger partial charge in [-0.1, -0.05) is 24.3 Å². The van der Waals surface area contributed by atoms with E-state index < -0.39 is 5.82 Å². The lowest BCUT2D eigenvalue weighted by atomic mass is 10.1. The lowest BCUT2D eigenvalue weighted by molar-refractivity contribution is 0.0766. The van der Waals surface area contributed by atoms with Gasteiger partial charge in [0.05, 0.1) is 5.39 Å². The third-order valence-electron chi connectivity index (χ3n) is 5.90. The minimum Gasteiger partial charge on any atom is -0.339 e. The standard InChI is InChI=1S/C23H22FN7O2/c1-29-20(19-17-8-2-3-9-18(17)21(32)27-25-19)26-28-23(29)31-11-5-10-30(12-13-31)22(33)15-6-4-7-16(24)14-15/h2-4,6-9,14H,5,10-13H2,1H3,(H,27,32). The van der Waals surface area contributed by atoms with Gasteiger partial charge in [0, 0.05) is 44.2 Å². The molecule has 9 nitrogen and oxygen atoms in total. The van der Waals surface area contributed by atoms with Crippen molar-refractivity contribution < 1.29 is 9.18 Å². The predicted molar refractivity (Wildman–Crippen MR) is 121 cm³/mol. The summed E-state index contributed by atoms with van der Waals surface area (Å²) >= 11 is 0. The molecule has 1 aliphatic heterocycles. The molecule has 0 atom stereocenters. The van der Waals surface area contributed by atoms with Gasteiger partial charge in [-0.2, -0.15) is 5.10 Å². The Morgan fingerprint density at radius 3 is 2.64 bits per heavy atom. The summed E-state index contributed by atoms with van der Waals surface area (Å²) in [7, 11) is 1.85. The van der Waals surface area contributed by atoms with Crippen LogP contribution in [0.5, 0.6) is 0 Å². The van der Waals surface area contributed by atoms with Gasteiger partial charge in [-0.05, 0) is 30.7 Å². The van der Waals surface area contributed by atoms with Gasteiger partial charge in [0.1, 0.15) is 11.5 Å². The highest BCUT2D eigenvalue weighted by Crippen LogP contribution is 2.25. The van der Waals surface area contributed by atoms with Crippen LogP contribution in [0.4, 0.5) is 10.3 Å². The van der Waals surface area contributed by atoms with E-state index in [1.807, 2.05) is 23.7 Å². The van der Waals surface area contributed by atoms with Crippen LogP contribution in [0, 0.1) is 5.82 Å². The largest absolute Gasteiger partial charge is 0.339 e. The van der Waals surface area contributed by atoms with Crippen LogP contribution in [0.15, 0.2) is 53.3 Å². The quantitative estimate of drug-likeness (QED) is 0.517. The molecule has 168 valence electrons. The molecule has 0 saturated carbocycles. The van der Waals surface area contributed by atoms with Gasteiger partial charge >= 0.3 is 0 Å². The Kier molecular flexibility index (Phi) is 5.33. The van der Waals surface area contributed by atoms with Crippen LogP contribution in [0.2, 0.25) is 0 Å². The van der Waals surface area contributed by atoms with E-state index in [4.69, 9.17) is 0 Å². The number of nitrogens with zero attached hydrogens (tertiary/aromatic N) is 6. The molecule has 10 heteroatoms. The number of carbonyl (C=O) groups excluding carboxylic acids is 1. The van der Waals surface area contributed by atoms with Crippen molar-refractivity contribution in [1.82, 2.24) is 29.9 Å².